The van der Waals surface area contributed by atoms with E-state index in [1.165, 1.54) is 0 Å². The molecule has 2 heterocycles. The van der Waals surface area contributed by atoms with Crippen molar-refractivity contribution in [2.45, 2.75) is 13.8 Å². The van der Waals surface area contributed by atoms with Gasteiger partial charge in [0, 0.05) is 6.20 Å². The van der Waals surface area contributed by atoms with Crippen molar-refractivity contribution >= 4 is 17.2 Å². The van der Waals surface area contributed by atoms with Gasteiger partial charge in [0.15, 0.2) is 11.6 Å². The Morgan fingerprint density at radius 3 is 2.68 bits per heavy atom. The lowest BCUT2D eigenvalue weighted by molar-refractivity contribution is 0.437. The summed E-state index contributed by atoms with van der Waals surface area (Å²) in [6.45, 7) is 4.00. The van der Waals surface area contributed by atoms with Crippen molar-refractivity contribution in [3.8, 4) is 21.8 Å². The average molecular weight is 271 g/mol. The molecule has 0 spiro atoms. The third kappa shape index (κ3) is 2.02. The first-order valence-electron chi connectivity index (χ1n) is 5.91. The highest BCUT2D eigenvalue weighted by Gasteiger charge is 2.20. The van der Waals surface area contributed by atoms with Gasteiger partial charge in [0.25, 0.3) is 0 Å². The molecule has 0 atom stereocenters. The molecule has 0 saturated heterocycles. The minimum Gasteiger partial charge on any atom is -0.380 e. The molecule has 19 heavy (non-hydrogen) atoms. The molecule has 0 aliphatic carbocycles. The number of nitrogens with zero attached hydrogens (tertiary/aromatic N) is 2. The lowest BCUT2D eigenvalue weighted by Gasteiger charge is -2.04. The summed E-state index contributed by atoms with van der Waals surface area (Å²) >= 11 is 1.57. The van der Waals surface area contributed by atoms with Crippen LogP contribution in [0.3, 0.4) is 0 Å². The number of anilines is 1. The van der Waals surface area contributed by atoms with E-state index in [1.807, 2.05) is 38.1 Å². The number of thiazole rings is 1. The summed E-state index contributed by atoms with van der Waals surface area (Å²) in [6, 6.07) is 8.05. The second-order valence-electron chi connectivity index (χ2n) is 4.33. The molecule has 3 rings (SSSR count). The van der Waals surface area contributed by atoms with E-state index in [-0.39, 0.29) is 0 Å². The van der Waals surface area contributed by atoms with Crippen LogP contribution in [-0.4, -0.2) is 10.1 Å². The first kappa shape index (κ1) is 11.9. The summed E-state index contributed by atoms with van der Waals surface area (Å²) in [6.07, 6.45) is 1.79. The summed E-state index contributed by atoms with van der Waals surface area (Å²) in [7, 11) is 0. The van der Waals surface area contributed by atoms with E-state index in [1.54, 1.807) is 17.5 Å². The van der Waals surface area contributed by atoms with Gasteiger partial charge in [-0.3, -0.25) is 0 Å². The van der Waals surface area contributed by atoms with Crippen LogP contribution < -0.4 is 5.73 Å². The molecule has 3 aromatic rings. The molecule has 0 unspecified atom stereocenters. The second kappa shape index (κ2) is 4.51. The topological polar surface area (TPSA) is 64.9 Å². The van der Waals surface area contributed by atoms with E-state index in [0.29, 0.717) is 11.6 Å². The van der Waals surface area contributed by atoms with Gasteiger partial charge in [0.1, 0.15) is 0 Å². The molecule has 0 aliphatic rings. The fourth-order valence-electron chi connectivity index (χ4n) is 2.05. The first-order chi connectivity index (χ1) is 9.16. The van der Waals surface area contributed by atoms with Crippen molar-refractivity contribution in [1.82, 2.24) is 10.1 Å². The van der Waals surface area contributed by atoms with Crippen molar-refractivity contribution in [3.05, 3.63) is 41.0 Å². The van der Waals surface area contributed by atoms with Gasteiger partial charge in [0.05, 0.1) is 15.4 Å². The molecule has 1 aromatic carbocycles. The third-order valence-corrected chi connectivity index (χ3v) is 3.89. The zero-order valence-electron chi connectivity index (χ0n) is 10.7. The van der Waals surface area contributed by atoms with E-state index in [4.69, 9.17) is 10.3 Å². The fourth-order valence-corrected chi connectivity index (χ4v) is 2.81. The highest BCUT2D eigenvalue weighted by molar-refractivity contribution is 7.15. The SMILES string of the molecule is Cc1ncc(-c2onc(N)c2-c2ccccc2C)s1. The van der Waals surface area contributed by atoms with Crippen LogP contribution in [0.5, 0.6) is 0 Å². The average Bonchev–Trinajstić information content (AvgIpc) is 2.96. The molecule has 0 bridgehead atoms. The number of rotatable bonds is 2. The Labute approximate surface area is 114 Å². The molecule has 0 radical (unpaired) electrons. The van der Waals surface area contributed by atoms with Gasteiger partial charge in [-0.15, -0.1) is 11.3 Å². The van der Waals surface area contributed by atoms with Gasteiger partial charge in [-0.25, -0.2) is 4.98 Å². The summed E-state index contributed by atoms with van der Waals surface area (Å²) < 4.78 is 5.40. The number of benzene rings is 1. The van der Waals surface area contributed by atoms with Gasteiger partial charge < -0.3 is 10.3 Å². The van der Waals surface area contributed by atoms with Crippen LogP contribution in [0, 0.1) is 13.8 Å². The van der Waals surface area contributed by atoms with Crippen LogP contribution in [-0.2, 0) is 0 Å². The van der Waals surface area contributed by atoms with Crippen LogP contribution in [0.25, 0.3) is 21.8 Å². The van der Waals surface area contributed by atoms with Crippen molar-refractivity contribution in [1.29, 1.82) is 0 Å². The number of nitrogen functional groups attached to an aromatic ring is 1. The molecule has 5 heteroatoms. The Bertz CT molecular complexity index is 730. The predicted octanol–water partition coefficient (Wildman–Crippen LogP) is 3.66. The molecular weight excluding hydrogens is 258 g/mol. The zero-order valence-corrected chi connectivity index (χ0v) is 11.5. The molecule has 2 N–H and O–H groups in total. The fraction of sp³-hybridized carbons (Fsp3) is 0.143. The third-order valence-electron chi connectivity index (χ3n) is 2.98. The van der Waals surface area contributed by atoms with E-state index in [2.05, 4.69) is 10.1 Å². The molecule has 0 fully saturated rings. The van der Waals surface area contributed by atoms with E-state index in [0.717, 1.165) is 26.6 Å². The van der Waals surface area contributed by atoms with E-state index >= 15 is 0 Å². The predicted molar refractivity (Wildman–Crippen MR) is 76.9 cm³/mol. The molecule has 4 nitrogen and oxygen atoms in total. The maximum absolute atomic E-state index is 5.97. The second-order valence-corrected chi connectivity index (χ2v) is 5.57. The smallest absolute Gasteiger partial charge is 0.188 e. The minimum atomic E-state index is 0.412. The maximum Gasteiger partial charge on any atom is 0.188 e. The number of hydrogen-bond acceptors (Lipinski definition) is 5. The lowest BCUT2D eigenvalue weighted by atomic mass is 10.0. The van der Waals surface area contributed by atoms with Crippen molar-refractivity contribution in [2.75, 3.05) is 5.73 Å². The normalized spacial score (nSPS) is 10.8. The van der Waals surface area contributed by atoms with Gasteiger partial charge in [0.2, 0.25) is 0 Å². The standard InChI is InChI=1S/C14H13N3OS/c1-8-5-3-4-6-10(8)12-13(18-17-14(12)15)11-7-16-9(2)19-11/h3-7H,1-2H3,(H2,15,17). The summed E-state index contributed by atoms with van der Waals surface area (Å²) in [5.74, 6) is 1.10. The van der Waals surface area contributed by atoms with Gasteiger partial charge in [-0.1, -0.05) is 29.4 Å². The van der Waals surface area contributed by atoms with Crippen LogP contribution in [0.4, 0.5) is 5.82 Å². The number of hydrogen-bond donors (Lipinski definition) is 1. The van der Waals surface area contributed by atoms with Crippen LogP contribution >= 0.6 is 11.3 Å². The quantitative estimate of drug-likeness (QED) is 0.772. The number of aryl methyl sites for hydroxylation is 2. The summed E-state index contributed by atoms with van der Waals surface area (Å²) in [5, 5.41) is 4.89. The Hall–Kier alpha value is -2.14. The molecule has 0 aliphatic heterocycles. The van der Waals surface area contributed by atoms with Crippen LogP contribution in [0.15, 0.2) is 35.0 Å². The number of nitrogens with two attached hydrogens (primary N) is 1. The van der Waals surface area contributed by atoms with Crippen LogP contribution in [0.1, 0.15) is 10.6 Å². The Kier molecular flexibility index (Phi) is 2.83. The highest BCUT2D eigenvalue weighted by atomic mass is 32.1. The van der Waals surface area contributed by atoms with Gasteiger partial charge in [-0.05, 0) is 25.0 Å². The Balaban J connectivity index is 2.22. The lowest BCUT2D eigenvalue weighted by Crippen LogP contribution is -1.90. The largest absolute Gasteiger partial charge is 0.380 e. The Morgan fingerprint density at radius 2 is 2.00 bits per heavy atom. The first-order valence-corrected chi connectivity index (χ1v) is 6.72. The van der Waals surface area contributed by atoms with Crippen molar-refractivity contribution in [3.63, 3.8) is 0 Å². The van der Waals surface area contributed by atoms with Crippen molar-refractivity contribution in [2.24, 2.45) is 0 Å². The van der Waals surface area contributed by atoms with Gasteiger partial charge in [-0.2, -0.15) is 0 Å². The maximum atomic E-state index is 5.97. The van der Waals surface area contributed by atoms with E-state index in [9.17, 15) is 0 Å². The van der Waals surface area contributed by atoms with Gasteiger partial charge >= 0.3 is 0 Å². The molecular formula is C14H13N3OS. The monoisotopic (exact) mass is 271 g/mol. The molecule has 96 valence electrons. The summed E-state index contributed by atoms with van der Waals surface area (Å²) in [5.41, 5.74) is 9.00. The molecule has 0 amide bonds. The van der Waals surface area contributed by atoms with E-state index < -0.39 is 0 Å². The molecule has 2 aromatic heterocycles. The minimum absolute atomic E-state index is 0.412. The van der Waals surface area contributed by atoms with Crippen LogP contribution in [0.2, 0.25) is 0 Å². The summed E-state index contributed by atoms with van der Waals surface area (Å²) in [4.78, 5) is 5.19. The zero-order chi connectivity index (χ0) is 13.4. The highest BCUT2D eigenvalue weighted by Crippen LogP contribution is 2.39. The Morgan fingerprint density at radius 1 is 1.21 bits per heavy atom. The molecule has 0 saturated carbocycles. The number of aromatic nitrogens is 2. The van der Waals surface area contributed by atoms with Crippen molar-refractivity contribution < 1.29 is 4.52 Å².